The van der Waals surface area contributed by atoms with Gasteiger partial charge in [0.25, 0.3) is 0 Å². The zero-order chi connectivity index (χ0) is 11.7. The molecule has 1 heterocycles. The van der Waals surface area contributed by atoms with Crippen LogP contribution in [0.1, 0.15) is 22.9 Å². The van der Waals surface area contributed by atoms with E-state index in [0.717, 1.165) is 16.8 Å². The molecule has 0 saturated heterocycles. The Bertz CT molecular complexity index is 505. The van der Waals surface area contributed by atoms with Crippen molar-refractivity contribution in [2.45, 2.75) is 13.0 Å². The minimum Gasteiger partial charge on any atom is -0.319 e. The fourth-order valence-electron chi connectivity index (χ4n) is 1.73. The predicted molar refractivity (Wildman–Crippen MR) is 65.4 cm³/mol. The van der Waals surface area contributed by atoms with E-state index in [1.54, 1.807) is 10.9 Å². The first-order valence-electron chi connectivity index (χ1n) is 5.09. The van der Waals surface area contributed by atoms with E-state index >= 15 is 0 Å². The first-order chi connectivity index (χ1) is 7.59. The van der Waals surface area contributed by atoms with E-state index in [0.29, 0.717) is 5.02 Å². The van der Waals surface area contributed by atoms with Gasteiger partial charge in [0.05, 0.1) is 11.7 Å². The predicted octanol–water partition coefficient (Wildman–Crippen LogP) is 2.43. The highest BCUT2D eigenvalue weighted by molar-refractivity contribution is 6.31. The Morgan fingerprint density at radius 3 is 2.69 bits per heavy atom. The smallest absolute Gasteiger partial charge is 0.0737 e. The van der Waals surface area contributed by atoms with Gasteiger partial charge in [0.15, 0.2) is 0 Å². The van der Waals surface area contributed by atoms with Gasteiger partial charge in [-0.2, -0.15) is 5.10 Å². The fraction of sp³-hybridized carbons (Fsp3) is 0.250. The van der Waals surface area contributed by atoms with Crippen molar-refractivity contribution in [2.24, 2.45) is 12.8 Å². The van der Waals surface area contributed by atoms with Crippen LogP contribution >= 0.6 is 11.6 Å². The van der Waals surface area contributed by atoms with Crippen molar-refractivity contribution >= 4 is 11.6 Å². The quantitative estimate of drug-likeness (QED) is 0.869. The van der Waals surface area contributed by atoms with Crippen molar-refractivity contribution in [3.8, 4) is 0 Å². The molecular formula is C12H14ClN3. The van der Waals surface area contributed by atoms with Crippen LogP contribution in [0, 0.1) is 6.92 Å². The van der Waals surface area contributed by atoms with E-state index in [-0.39, 0.29) is 6.04 Å². The molecule has 16 heavy (non-hydrogen) atoms. The highest BCUT2D eigenvalue weighted by Crippen LogP contribution is 2.26. The van der Waals surface area contributed by atoms with Gasteiger partial charge in [-0.3, -0.25) is 4.68 Å². The van der Waals surface area contributed by atoms with Gasteiger partial charge < -0.3 is 5.73 Å². The number of hydrogen-bond donors (Lipinski definition) is 1. The molecule has 1 aromatic heterocycles. The summed E-state index contributed by atoms with van der Waals surface area (Å²) in [6.45, 7) is 2.01. The van der Waals surface area contributed by atoms with Crippen LogP contribution in [0.25, 0.3) is 0 Å². The summed E-state index contributed by atoms with van der Waals surface area (Å²) in [4.78, 5) is 0. The number of rotatable bonds is 2. The maximum Gasteiger partial charge on any atom is 0.0737 e. The highest BCUT2D eigenvalue weighted by Gasteiger charge is 2.15. The molecule has 0 aliphatic heterocycles. The molecule has 1 aromatic carbocycles. The largest absolute Gasteiger partial charge is 0.319 e. The van der Waals surface area contributed by atoms with Crippen LogP contribution in [0.4, 0.5) is 0 Å². The molecule has 1 unspecified atom stereocenters. The minimum atomic E-state index is -0.236. The van der Waals surface area contributed by atoms with E-state index in [4.69, 9.17) is 17.3 Å². The summed E-state index contributed by atoms with van der Waals surface area (Å²) in [5, 5.41) is 4.81. The first-order valence-corrected chi connectivity index (χ1v) is 5.47. The number of aryl methyl sites for hydroxylation is 2. The monoisotopic (exact) mass is 235 g/mol. The summed E-state index contributed by atoms with van der Waals surface area (Å²) >= 11 is 6.18. The molecule has 0 radical (unpaired) electrons. The van der Waals surface area contributed by atoms with Crippen LogP contribution in [0.3, 0.4) is 0 Å². The van der Waals surface area contributed by atoms with E-state index in [9.17, 15) is 0 Å². The van der Waals surface area contributed by atoms with E-state index in [2.05, 4.69) is 5.10 Å². The van der Waals surface area contributed by atoms with Gasteiger partial charge in [0.1, 0.15) is 0 Å². The number of aromatic nitrogens is 2. The molecule has 0 bridgehead atoms. The minimum absolute atomic E-state index is 0.236. The number of nitrogens with zero attached hydrogens (tertiary/aromatic N) is 2. The molecule has 84 valence electrons. The number of benzene rings is 1. The van der Waals surface area contributed by atoms with E-state index < -0.39 is 0 Å². The van der Waals surface area contributed by atoms with Gasteiger partial charge in [-0.1, -0.05) is 23.7 Å². The maximum absolute atomic E-state index is 6.18. The average Bonchev–Trinajstić information content (AvgIpc) is 2.63. The Morgan fingerprint density at radius 1 is 1.38 bits per heavy atom. The van der Waals surface area contributed by atoms with Crippen LogP contribution in [0.5, 0.6) is 0 Å². The lowest BCUT2D eigenvalue weighted by Gasteiger charge is -2.14. The van der Waals surface area contributed by atoms with E-state index in [1.165, 1.54) is 0 Å². The van der Waals surface area contributed by atoms with Gasteiger partial charge in [0, 0.05) is 18.3 Å². The normalized spacial score (nSPS) is 12.8. The molecule has 0 aliphatic rings. The first kappa shape index (κ1) is 11.2. The molecule has 0 spiro atoms. The number of hydrogen-bond acceptors (Lipinski definition) is 2. The van der Waals surface area contributed by atoms with Gasteiger partial charge in [-0.15, -0.1) is 0 Å². The van der Waals surface area contributed by atoms with Crippen LogP contribution in [-0.2, 0) is 7.05 Å². The van der Waals surface area contributed by atoms with Crippen molar-refractivity contribution in [1.29, 1.82) is 0 Å². The van der Waals surface area contributed by atoms with Crippen molar-refractivity contribution in [3.05, 3.63) is 52.3 Å². The molecule has 4 heteroatoms. The topological polar surface area (TPSA) is 43.8 Å². The van der Waals surface area contributed by atoms with Crippen LogP contribution in [0.15, 0.2) is 30.5 Å². The standard InChI is InChI=1S/C12H14ClN3/c1-8-3-4-9(10(13)7-8)12(14)11-5-6-15-16(11)2/h3-7,12H,14H2,1-2H3. The van der Waals surface area contributed by atoms with Crippen molar-refractivity contribution < 1.29 is 0 Å². The third-order valence-electron chi connectivity index (χ3n) is 2.67. The van der Waals surface area contributed by atoms with E-state index in [1.807, 2.05) is 38.2 Å². The SMILES string of the molecule is Cc1ccc(C(N)c2ccnn2C)c(Cl)c1. The zero-order valence-corrected chi connectivity index (χ0v) is 10.1. The Kier molecular flexibility index (Phi) is 2.99. The van der Waals surface area contributed by atoms with Gasteiger partial charge in [-0.25, -0.2) is 0 Å². The summed E-state index contributed by atoms with van der Waals surface area (Å²) in [7, 11) is 1.87. The Morgan fingerprint density at radius 2 is 2.12 bits per heavy atom. The van der Waals surface area contributed by atoms with Gasteiger partial charge in [-0.05, 0) is 30.2 Å². The Balaban J connectivity index is 2.41. The molecule has 0 amide bonds. The summed E-state index contributed by atoms with van der Waals surface area (Å²) in [5.74, 6) is 0. The Hall–Kier alpha value is -1.32. The van der Waals surface area contributed by atoms with Crippen molar-refractivity contribution in [1.82, 2.24) is 9.78 Å². The molecule has 0 aliphatic carbocycles. The molecule has 2 rings (SSSR count). The molecule has 0 fully saturated rings. The molecule has 0 saturated carbocycles. The van der Waals surface area contributed by atoms with Crippen molar-refractivity contribution in [3.63, 3.8) is 0 Å². The lowest BCUT2D eigenvalue weighted by atomic mass is 10.0. The van der Waals surface area contributed by atoms with Gasteiger partial charge in [0.2, 0.25) is 0 Å². The molecule has 1 atom stereocenters. The fourth-order valence-corrected chi connectivity index (χ4v) is 2.09. The summed E-state index contributed by atoms with van der Waals surface area (Å²) in [6.07, 6.45) is 1.73. The summed E-state index contributed by atoms with van der Waals surface area (Å²) in [5.41, 5.74) is 9.17. The second-order valence-electron chi connectivity index (χ2n) is 3.88. The average molecular weight is 236 g/mol. The third-order valence-corrected chi connectivity index (χ3v) is 3.00. The number of halogens is 1. The molecular weight excluding hydrogens is 222 g/mol. The third kappa shape index (κ3) is 1.96. The lowest BCUT2D eigenvalue weighted by Crippen LogP contribution is -2.16. The second kappa shape index (κ2) is 4.28. The molecule has 2 N–H and O–H groups in total. The van der Waals surface area contributed by atoms with Crippen LogP contribution < -0.4 is 5.73 Å². The molecule has 2 aromatic rings. The number of nitrogens with two attached hydrogens (primary N) is 1. The molecule has 3 nitrogen and oxygen atoms in total. The second-order valence-corrected chi connectivity index (χ2v) is 4.29. The Labute approximate surface area is 99.8 Å². The van der Waals surface area contributed by atoms with Crippen LogP contribution in [0.2, 0.25) is 5.02 Å². The zero-order valence-electron chi connectivity index (χ0n) is 9.31. The summed E-state index contributed by atoms with van der Waals surface area (Å²) in [6, 6.07) is 7.57. The lowest BCUT2D eigenvalue weighted by molar-refractivity contribution is 0.673. The summed E-state index contributed by atoms with van der Waals surface area (Å²) < 4.78 is 1.76. The van der Waals surface area contributed by atoms with Gasteiger partial charge >= 0.3 is 0 Å². The highest BCUT2D eigenvalue weighted by atomic mass is 35.5. The van der Waals surface area contributed by atoms with Crippen LogP contribution in [-0.4, -0.2) is 9.78 Å². The maximum atomic E-state index is 6.18. The van der Waals surface area contributed by atoms with Crippen molar-refractivity contribution in [2.75, 3.05) is 0 Å².